The molecule has 2 aromatic carbocycles. The van der Waals surface area contributed by atoms with Crippen molar-refractivity contribution in [3.05, 3.63) is 82.0 Å². The van der Waals surface area contributed by atoms with E-state index in [0.29, 0.717) is 11.3 Å². The van der Waals surface area contributed by atoms with Gasteiger partial charge in [0.05, 0.1) is 0 Å². The maximum absolute atomic E-state index is 3.53. The van der Waals surface area contributed by atoms with E-state index in [2.05, 4.69) is 139 Å². The first kappa shape index (κ1) is 30.9. The molecule has 2 aromatic rings. The molecular formula is C35H48Zr. The average molecular weight is 560 g/mol. The molecule has 0 radical (unpaired) electrons. The van der Waals surface area contributed by atoms with Crippen LogP contribution >= 0.6 is 0 Å². The number of hydrogen-bond donors (Lipinski definition) is 0. The van der Waals surface area contributed by atoms with Crippen LogP contribution < -0.4 is 0 Å². The normalized spacial score (nSPS) is 16.6. The number of benzene rings is 2. The Morgan fingerprint density at radius 3 is 1.78 bits per heavy atom. The van der Waals surface area contributed by atoms with Crippen molar-refractivity contribution in [1.82, 2.24) is 0 Å². The number of allylic oxidation sites excluding steroid dienone is 4. The predicted molar refractivity (Wildman–Crippen MR) is 156 cm³/mol. The van der Waals surface area contributed by atoms with Crippen LogP contribution in [0.1, 0.15) is 112 Å². The predicted octanol–water partition coefficient (Wildman–Crippen LogP) is 9.76. The van der Waals surface area contributed by atoms with Crippen LogP contribution in [-0.2, 0) is 41.5 Å². The third kappa shape index (κ3) is 8.34. The van der Waals surface area contributed by atoms with Gasteiger partial charge in [0, 0.05) is 0 Å². The molecule has 0 aliphatic heterocycles. The van der Waals surface area contributed by atoms with E-state index in [1.54, 1.807) is 24.2 Å². The minimum atomic E-state index is 0.177. The average Bonchev–Trinajstić information content (AvgIpc) is 3.24. The Morgan fingerprint density at radius 1 is 0.833 bits per heavy atom. The third-order valence-corrected chi connectivity index (χ3v) is 6.60. The number of rotatable bonds is 0. The summed E-state index contributed by atoms with van der Waals surface area (Å²) >= 11 is 1.55. The first-order chi connectivity index (χ1) is 16.3. The summed E-state index contributed by atoms with van der Waals surface area (Å²) in [7, 11) is 0. The molecule has 0 aromatic heterocycles. The molecule has 0 heterocycles. The van der Waals surface area contributed by atoms with Gasteiger partial charge in [-0.15, -0.1) is 5.56 Å². The zero-order valence-corrected chi connectivity index (χ0v) is 27.7. The Hall–Kier alpha value is -1.33. The molecule has 0 fully saturated rings. The van der Waals surface area contributed by atoms with Crippen LogP contribution in [0, 0.1) is 23.5 Å². The van der Waals surface area contributed by atoms with Gasteiger partial charge in [-0.05, 0) is 17.4 Å². The van der Waals surface area contributed by atoms with E-state index >= 15 is 0 Å². The third-order valence-electron chi connectivity index (χ3n) is 6.60. The molecule has 2 aliphatic rings. The summed E-state index contributed by atoms with van der Waals surface area (Å²) in [6.07, 6.45) is 6.74. The summed E-state index contributed by atoms with van der Waals surface area (Å²) in [5.41, 5.74) is 11.9. The van der Waals surface area contributed by atoms with Gasteiger partial charge in [-0.1, -0.05) is 122 Å². The molecule has 1 heteroatoms. The van der Waals surface area contributed by atoms with E-state index in [-0.39, 0.29) is 10.8 Å². The zero-order chi connectivity index (χ0) is 27.6. The first-order valence-corrected chi connectivity index (χ1v) is 14.6. The van der Waals surface area contributed by atoms with Crippen LogP contribution in [0.2, 0.25) is 0 Å². The van der Waals surface area contributed by atoms with Crippen LogP contribution in [-0.4, -0.2) is 3.21 Å². The minimum absolute atomic E-state index is 0.177. The Balaban J connectivity index is 0.000000255. The van der Waals surface area contributed by atoms with Gasteiger partial charge < -0.3 is 0 Å². The molecule has 0 amide bonds. The quantitative estimate of drug-likeness (QED) is 0.240. The molecule has 0 bridgehead atoms. The fourth-order valence-corrected chi connectivity index (χ4v) is 4.63. The summed E-state index contributed by atoms with van der Waals surface area (Å²) in [5, 5.41) is 0. The van der Waals surface area contributed by atoms with E-state index in [0.717, 1.165) is 6.42 Å². The summed E-state index contributed by atoms with van der Waals surface area (Å²) in [4.78, 5) is 0. The van der Waals surface area contributed by atoms with Crippen LogP contribution in [0.4, 0.5) is 0 Å². The monoisotopic (exact) mass is 558 g/mol. The SMILES string of the molecule is CC(C)(C)c1c[c-]c2c(c1)-c1cc(C(C)(C)C)ccc1C2.CC1=[C-]C(C)C=C1C(C)(C)C.C[C](C)=[Zr+2]. The van der Waals surface area contributed by atoms with Crippen molar-refractivity contribution in [2.45, 2.75) is 107 Å². The van der Waals surface area contributed by atoms with Gasteiger partial charge in [-0.2, -0.15) is 41.0 Å². The molecule has 0 nitrogen and oxygen atoms in total. The van der Waals surface area contributed by atoms with E-state index < -0.39 is 0 Å². The molecule has 0 saturated heterocycles. The second-order valence-corrected chi connectivity index (χ2v) is 16.2. The molecule has 1 atom stereocenters. The Bertz CT molecular complexity index is 1090. The van der Waals surface area contributed by atoms with Gasteiger partial charge in [-0.3, -0.25) is 6.08 Å². The van der Waals surface area contributed by atoms with Gasteiger partial charge in [-0.25, -0.2) is 5.57 Å². The molecule has 36 heavy (non-hydrogen) atoms. The van der Waals surface area contributed by atoms with Crippen LogP contribution in [0.25, 0.3) is 11.1 Å². The molecule has 0 spiro atoms. The maximum atomic E-state index is 3.53. The first-order valence-electron chi connectivity index (χ1n) is 13.3. The van der Waals surface area contributed by atoms with E-state index in [4.69, 9.17) is 0 Å². The fourth-order valence-electron chi connectivity index (χ4n) is 4.63. The fraction of sp³-hybridized carbons (Fsp3) is 0.514. The summed E-state index contributed by atoms with van der Waals surface area (Å²) in [6, 6.07) is 15.1. The number of hydrogen-bond acceptors (Lipinski definition) is 0. The van der Waals surface area contributed by atoms with Crippen molar-refractivity contribution < 1.29 is 24.2 Å². The van der Waals surface area contributed by atoms with E-state index in [1.165, 1.54) is 47.7 Å². The molecule has 0 saturated carbocycles. The zero-order valence-electron chi connectivity index (χ0n) is 25.2. The van der Waals surface area contributed by atoms with Crippen molar-refractivity contribution in [2.75, 3.05) is 0 Å². The van der Waals surface area contributed by atoms with E-state index in [9.17, 15) is 0 Å². The molecule has 1 unspecified atom stereocenters. The van der Waals surface area contributed by atoms with Crippen molar-refractivity contribution in [3.63, 3.8) is 0 Å². The molecule has 2 aliphatic carbocycles. The van der Waals surface area contributed by atoms with Gasteiger partial charge >= 0.3 is 41.3 Å². The van der Waals surface area contributed by atoms with Gasteiger partial charge in [0.2, 0.25) is 0 Å². The Morgan fingerprint density at radius 2 is 1.36 bits per heavy atom. The Kier molecular flexibility index (Phi) is 9.95. The van der Waals surface area contributed by atoms with Gasteiger partial charge in [0.25, 0.3) is 0 Å². The van der Waals surface area contributed by atoms with Crippen molar-refractivity contribution in [1.29, 1.82) is 0 Å². The Labute approximate surface area is 238 Å². The van der Waals surface area contributed by atoms with Crippen molar-refractivity contribution >= 4 is 3.21 Å². The summed E-state index contributed by atoms with van der Waals surface area (Å²) in [6.45, 7) is 29.0. The standard InChI is InChI=1S/C21H25.C11H17.C3H6.Zr/c1-20(2,3)16-9-7-14-11-15-8-10-17(21(4,5)6)13-19(15)18(14)12-16;1-8-6-9(2)10(7-8)11(3,4)5;1-3-2;/h7,9-10,12-13H,11H2,1-6H3;7-8H,1-5H3;1-2H3;/q2*-1;;+2. The molecular weight excluding hydrogens is 512 g/mol. The van der Waals surface area contributed by atoms with Gasteiger partial charge in [0.1, 0.15) is 0 Å². The number of fused-ring (bicyclic) bond motifs is 3. The van der Waals surface area contributed by atoms with Crippen molar-refractivity contribution in [2.24, 2.45) is 11.3 Å². The summed E-state index contributed by atoms with van der Waals surface area (Å²) < 4.78 is 1.51. The second-order valence-electron chi connectivity index (χ2n) is 13.7. The molecule has 0 N–H and O–H groups in total. The van der Waals surface area contributed by atoms with Crippen LogP contribution in [0.15, 0.2) is 47.6 Å². The van der Waals surface area contributed by atoms with Crippen LogP contribution in [0.3, 0.4) is 0 Å². The van der Waals surface area contributed by atoms with Crippen molar-refractivity contribution in [3.8, 4) is 11.1 Å². The molecule has 4 rings (SSSR count). The summed E-state index contributed by atoms with van der Waals surface area (Å²) in [5.74, 6) is 0.518. The van der Waals surface area contributed by atoms with E-state index in [1.807, 2.05) is 0 Å². The second kappa shape index (κ2) is 11.6. The molecule has 192 valence electrons. The van der Waals surface area contributed by atoms with Gasteiger partial charge in [0.15, 0.2) is 0 Å². The topological polar surface area (TPSA) is 0 Å². The van der Waals surface area contributed by atoms with Crippen LogP contribution in [0.5, 0.6) is 0 Å².